The number of aromatic nitrogens is 1. The smallest absolute Gasteiger partial charge is 0.267 e. The molecule has 0 atom stereocenters. The van der Waals surface area contributed by atoms with Gasteiger partial charge in [-0.25, -0.2) is 5.43 Å². The summed E-state index contributed by atoms with van der Waals surface area (Å²) in [5.74, 6) is -0.339. The monoisotopic (exact) mass is 273 g/mol. The van der Waals surface area contributed by atoms with Crippen LogP contribution in [0.1, 0.15) is 22.8 Å². The second-order valence-corrected chi connectivity index (χ2v) is 4.27. The summed E-state index contributed by atoms with van der Waals surface area (Å²) < 4.78 is 0. The molecule has 0 bridgehead atoms. The van der Waals surface area contributed by atoms with Crippen molar-refractivity contribution >= 4 is 23.2 Å². The maximum absolute atomic E-state index is 11.9. The fourth-order valence-corrected chi connectivity index (χ4v) is 1.70. The van der Waals surface area contributed by atoms with E-state index >= 15 is 0 Å². The van der Waals surface area contributed by atoms with E-state index in [1.807, 2.05) is 12.1 Å². The summed E-state index contributed by atoms with van der Waals surface area (Å²) in [5, 5.41) is 4.43. The molecule has 0 fully saturated rings. The first-order chi connectivity index (χ1) is 9.18. The maximum Gasteiger partial charge on any atom is 0.272 e. The quantitative estimate of drug-likeness (QED) is 0.690. The van der Waals surface area contributed by atoms with Crippen molar-refractivity contribution in [2.24, 2.45) is 5.10 Å². The number of nitrogens with one attached hydrogen (secondary N) is 1. The lowest BCUT2D eigenvalue weighted by atomic mass is 10.2. The molecule has 5 heteroatoms. The molecule has 1 aromatic heterocycles. The molecule has 1 N–H and O–H groups in total. The van der Waals surface area contributed by atoms with Crippen LogP contribution in [0.4, 0.5) is 0 Å². The number of nitrogens with zero attached hydrogens (tertiary/aromatic N) is 2. The van der Waals surface area contributed by atoms with E-state index in [-0.39, 0.29) is 5.91 Å². The predicted octanol–water partition coefficient (Wildman–Crippen LogP) is 2.89. The Morgan fingerprint density at radius 2 is 2.05 bits per heavy atom. The van der Waals surface area contributed by atoms with Crippen molar-refractivity contribution in [3.05, 3.63) is 64.9 Å². The van der Waals surface area contributed by atoms with Gasteiger partial charge in [0.05, 0.1) is 16.3 Å². The van der Waals surface area contributed by atoms with Crippen molar-refractivity contribution in [1.82, 2.24) is 10.4 Å². The number of hydrazone groups is 1. The Hall–Kier alpha value is -2.20. The zero-order valence-electron chi connectivity index (χ0n) is 10.3. The summed E-state index contributed by atoms with van der Waals surface area (Å²) in [6.07, 6.45) is 3.36. The van der Waals surface area contributed by atoms with Crippen LogP contribution in [0.5, 0.6) is 0 Å². The molecule has 1 amide bonds. The van der Waals surface area contributed by atoms with E-state index in [0.717, 1.165) is 5.56 Å². The van der Waals surface area contributed by atoms with Gasteiger partial charge in [0.1, 0.15) is 0 Å². The highest BCUT2D eigenvalue weighted by Crippen LogP contribution is 2.14. The molecular weight excluding hydrogens is 262 g/mol. The molecule has 0 saturated carbocycles. The van der Waals surface area contributed by atoms with Gasteiger partial charge in [0.25, 0.3) is 5.91 Å². The normalized spacial score (nSPS) is 11.2. The molecule has 4 nitrogen and oxygen atoms in total. The first-order valence-corrected chi connectivity index (χ1v) is 6.06. The minimum Gasteiger partial charge on any atom is -0.267 e. The van der Waals surface area contributed by atoms with Gasteiger partial charge in [-0.05, 0) is 25.1 Å². The molecule has 19 heavy (non-hydrogen) atoms. The number of hydrogen-bond donors (Lipinski definition) is 1. The topological polar surface area (TPSA) is 54.4 Å². The number of carbonyl (C=O) groups is 1. The lowest BCUT2D eigenvalue weighted by Crippen LogP contribution is -2.19. The second-order valence-electron chi connectivity index (χ2n) is 3.86. The number of carbonyl (C=O) groups excluding carboxylic acids is 1. The van der Waals surface area contributed by atoms with Gasteiger partial charge in [0.2, 0.25) is 0 Å². The van der Waals surface area contributed by atoms with Crippen LogP contribution < -0.4 is 5.43 Å². The fourth-order valence-electron chi connectivity index (χ4n) is 1.48. The summed E-state index contributed by atoms with van der Waals surface area (Å²) in [7, 11) is 0. The summed E-state index contributed by atoms with van der Waals surface area (Å²) in [4.78, 5) is 15.9. The van der Waals surface area contributed by atoms with Crippen LogP contribution in [0, 0.1) is 0 Å². The summed E-state index contributed by atoms with van der Waals surface area (Å²) >= 11 is 5.93. The first-order valence-electron chi connectivity index (χ1n) is 5.68. The van der Waals surface area contributed by atoms with Crippen molar-refractivity contribution in [3.63, 3.8) is 0 Å². The molecule has 2 rings (SSSR count). The van der Waals surface area contributed by atoms with Crippen molar-refractivity contribution in [2.45, 2.75) is 6.92 Å². The lowest BCUT2D eigenvalue weighted by molar-refractivity contribution is 0.0955. The van der Waals surface area contributed by atoms with Gasteiger partial charge in [0, 0.05) is 18.0 Å². The molecule has 2 aromatic rings. The van der Waals surface area contributed by atoms with Crippen LogP contribution in [0.25, 0.3) is 0 Å². The fraction of sp³-hybridized carbons (Fsp3) is 0.0714. The number of benzene rings is 1. The highest BCUT2D eigenvalue weighted by atomic mass is 35.5. The Labute approximate surface area is 116 Å². The molecule has 1 aromatic carbocycles. The van der Waals surface area contributed by atoms with Gasteiger partial charge in [0.15, 0.2) is 0 Å². The largest absolute Gasteiger partial charge is 0.272 e. The van der Waals surface area contributed by atoms with E-state index in [1.165, 1.54) is 0 Å². The molecule has 0 aliphatic carbocycles. The van der Waals surface area contributed by atoms with Gasteiger partial charge in [-0.2, -0.15) is 5.10 Å². The number of pyridine rings is 1. The third kappa shape index (κ3) is 3.39. The van der Waals surface area contributed by atoms with Crippen LogP contribution in [0.15, 0.2) is 53.9 Å². The first kappa shape index (κ1) is 13.2. The van der Waals surface area contributed by atoms with E-state index < -0.39 is 0 Å². The van der Waals surface area contributed by atoms with Gasteiger partial charge < -0.3 is 0 Å². The summed E-state index contributed by atoms with van der Waals surface area (Å²) in [5.41, 5.74) is 4.39. The van der Waals surface area contributed by atoms with Gasteiger partial charge in [-0.1, -0.05) is 29.8 Å². The van der Waals surface area contributed by atoms with Gasteiger partial charge >= 0.3 is 0 Å². The minimum absolute atomic E-state index is 0.339. The average molecular weight is 274 g/mol. The van der Waals surface area contributed by atoms with Crippen LogP contribution >= 0.6 is 11.6 Å². The molecule has 0 aliphatic heterocycles. The SMILES string of the molecule is CC(=NNC(=O)c1ccccc1Cl)c1cccnc1. The van der Waals surface area contributed by atoms with E-state index in [9.17, 15) is 4.79 Å². The highest BCUT2D eigenvalue weighted by molar-refractivity contribution is 6.33. The summed E-state index contributed by atoms with van der Waals surface area (Å²) in [6, 6.07) is 10.5. The van der Waals surface area contributed by atoms with E-state index in [0.29, 0.717) is 16.3 Å². The van der Waals surface area contributed by atoms with Crippen LogP contribution in [-0.4, -0.2) is 16.6 Å². The van der Waals surface area contributed by atoms with Crippen LogP contribution in [0.3, 0.4) is 0 Å². The highest BCUT2D eigenvalue weighted by Gasteiger charge is 2.08. The third-order valence-corrected chi connectivity index (χ3v) is 2.85. The average Bonchev–Trinajstić information content (AvgIpc) is 2.46. The predicted molar refractivity (Wildman–Crippen MR) is 75.4 cm³/mol. The number of hydrogen-bond acceptors (Lipinski definition) is 3. The Morgan fingerprint density at radius 1 is 1.26 bits per heavy atom. The maximum atomic E-state index is 11.9. The summed E-state index contributed by atoms with van der Waals surface area (Å²) in [6.45, 7) is 1.80. The van der Waals surface area contributed by atoms with Gasteiger partial charge in [-0.15, -0.1) is 0 Å². The Bertz CT molecular complexity index is 611. The second kappa shape index (κ2) is 6.11. The van der Waals surface area contributed by atoms with E-state index in [2.05, 4.69) is 15.5 Å². The molecule has 0 radical (unpaired) electrons. The molecule has 0 spiro atoms. The number of rotatable bonds is 3. The number of halogens is 1. The standard InChI is InChI=1S/C14H12ClN3O/c1-10(11-5-4-8-16-9-11)17-18-14(19)12-6-2-3-7-13(12)15/h2-9H,1H3,(H,18,19). The van der Waals surface area contributed by atoms with Crippen LogP contribution in [0.2, 0.25) is 5.02 Å². The van der Waals surface area contributed by atoms with Crippen molar-refractivity contribution < 1.29 is 4.79 Å². The van der Waals surface area contributed by atoms with E-state index in [1.54, 1.807) is 43.6 Å². The Morgan fingerprint density at radius 3 is 2.74 bits per heavy atom. The lowest BCUT2D eigenvalue weighted by Gasteiger charge is -2.04. The third-order valence-electron chi connectivity index (χ3n) is 2.52. The molecule has 96 valence electrons. The van der Waals surface area contributed by atoms with Crippen molar-refractivity contribution in [2.75, 3.05) is 0 Å². The molecule has 0 aliphatic rings. The zero-order chi connectivity index (χ0) is 13.7. The molecule has 0 unspecified atom stereocenters. The van der Waals surface area contributed by atoms with Gasteiger partial charge in [-0.3, -0.25) is 9.78 Å². The number of amides is 1. The van der Waals surface area contributed by atoms with Crippen molar-refractivity contribution in [1.29, 1.82) is 0 Å². The van der Waals surface area contributed by atoms with Crippen molar-refractivity contribution in [3.8, 4) is 0 Å². The molecule has 0 saturated heterocycles. The Kier molecular flexibility index (Phi) is 4.26. The zero-order valence-corrected chi connectivity index (χ0v) is 11.1. The van der Waals surface area contributed by atoms with E-state index in [4.69, 9.17) is 11.6 Å². The Balaban J connectivity index is 2.11. The van der Waals surface area contributed by atoms with Crippen LogP contribution in [-0.2, 0) is 0 Å². The molecular formula is C14H12ClN3O. The minimum atomic E-state index is -0.339. The molecule has 1 heterocycles.